The standard InChI is InChI=1S/C22H28N4O/c1-15(2)26-10-8-23-21(26)18-5-4-9-25(13-18)22-19(14-27)12-17-7-6-16(3)11-20(17)24-22/h6-8,10-12,15,18,27H,4-5,9,13-14H2,1-3H3. The highest BCUT2D eigenvalue weighted by Crippen LogP contribution is 2.32. The Balaban J connectivity index is 1.69. The van der Waals surface area contributed by atoms with E-state index in [0.717, 1.165) is 54.0 Å². The molecule has 0 aliphatic carbocycles. The third kappa shape index (κ3) is 3.44. The van der Waals surface area contributed by atoms with Crippen molar-refractivity contribution in [3.05, 3.63) is 53.6 Å². The number of aliphatic hydroxyl groups excluding tert-OH is 1. The minimum atomic E-state index is 0.00787. The van der Waals surface area contributed by atoms with Gasteiger partial charge in [-0.2, -0.15) is 0 Å². The van der Waals surface area contributed by atoms with E-state index in [4.69, 9.17) is 4.98 Å². The number of aromatic nitrogens is 3. The van der Waals surface area contributed by atoms with Gasteiger partial charge in [-0.1, -0.05) is 12.1 Å². The van der Waals surface area contributed by atoms with E-state index >= 15 is 0 Å². The highest BCUT2D eigenvalue weighted by molar-refractivity contribution is 5.82. The third-order valence-corrected chi connectivity index (χ3v) is 5.54. The van der Waals surface area contributed by atoms with Crippen molar-refractivity contribution in [1.82, 2.24) is 14.5 Å². The lowest BCUT2D eigenvalue weighted by molar-refractivity contribution is 0.281. The zero-order valence-corrected chi connectivity index (χ0v) is 16.4. The molecule has 142 valence electrons. The lowest BCUT2D eigenvalue weighted by Crippen LogP contribution is -2.36. The Morgan fingerprint density at radius 2 is 2.11 bits per heavy atom. The second-order valence-electron chi connectivity index (χ2n) is 7.90. The number of pyridine rings is 1. The van der Waals surface area contributed by atoms with Gasteiger partial charge in [0.15, 0.2) is 0 Å². The highest BCUT2D eigenvalue weighted by atomic mass is 16.3. The topological polar surface area (TPSA) is 54.2 Å². The molecule has 4 rings (SSSR count). The molecule has 1 aliphatic rings. The molecule has 3 heterocycles. The zero-order chi connectivity index (χ0) is 19.0. The van der Waals surface area contributed by atoms with Crippen LogP contribution >= 0.6 is 0 Å². The lowest BCUT2D eigenvalue weighted by Gasteiger charge is -2.35. The van der Waals surface area contributed by atoms with E-state index in [0.29, 0.717) is 12.0 Å². The smallest absolute Gasteiger partial charge is 0.134 e. The monoisotopic (exact) mass is 364 g/mol. The molecule has 0 amide bonds. The number of benzene rings is 1. The Bertz CT molecular complexity index is 947. The Morgan fingerprint density at radius 3 is 2.89 bits per heavy atom. The van der Waals surface area contributed by atoms with Crippen LogP contribution in [0.2, 0.25) is 0 Å². The van der Waals surface area contributed by atoms with E-state index in [1.165, 1.54) is 5.56 Å². The molecule has 0 bridgehead atoms. The second-order valence-corrected chi connectivity index (χ2v) is 7.90. The number of rotatable bonds is 4. The van der Waals surface area contributed by atoms with Gasteiger partial charge in [0, 0.05) is 48.4 Å². The van der Waals surface area contributed by atoms with E-state index in [-0.39, 0.29) is 6.61 Å². The number of piperidine rings is 1. The van der Waals surface area contributed by atoms with E-state index < -0.39 is 0 Å². The van der Waals surface area contributed by atoms with Crippen molar-refractivity contribution in [2.75, 3.05) is 18.0 Å². The fraction of sp³-hybridized carbons (Fsp3) is 0.455. The average Bonchev–Trinajstić information content (AvgIpc) is 3.17. The molecule has 2 aromatic heterocycles. The Labute approximate surface area is 160 Å². The summed E-state index contributed by atoms with van der Waals surface area (Å²) in [6.45, 7) is 8.35. The number of anilines is 1. The molecule has 0 saturated carbocycles. The SMILES string of the molecule is Cc1ccc2cc(CO)c(N3CCCC(c4nccn4C(C)C)C3)nc2c1. The minimum absolute atomic E-state index is 0.00787. The summed E-state index contributed by atoms with van der Waals surface area (Å²) in [5, 5.41) is 11.0. The third-order valence-electron chi connectivity index (χ3n) is 5.54. The molecule has 5 nitrogen and oxygen atoms in total. The van der Waals surface area contributed by atoms with Gasteiger partial charge in [0.05, 0.1) is 12.1 Å². The average molecular weight is 364 g/mol. The molecule has 1 N–H and O–H groups in total. The van der Waals surface area contributed by atoms with Gasteiger partial charge in [-0.25, -0.2) is 9.97 Å². The van der Waals surface area contributed by atoms with E-state index in [1.807, 2.05) is 6.20 Å². The molecular weight excluding hydrogens is 336 g/mol. The van der Waals surface area contributed by atoms with Gasteiger partial charge in [-0.3, -0.25) is 0 Å². The summed E-state index contributed by atoms with van der Waals surface area (Å²) in [6, 6.07) is 8.78. The van der Waals surface area contributed by atoms with Gasteiger partial charge in [-0.05, 0) is 51.3 Å². The number of imidazole rings is 1. The van der Waals surface area contributed by atoms with Crippen LogP contribution in [-0.4, -0.2) is 32.7 Å². The number of aryl methyl sites for hydroxylation is 1. The van der Waals surface area contributed by atoms with Crippen molar-refractivity contribution >= 4 is 16.7 Å². The Morgan fingerprint density at radius 1 is 1.26 bits per heavy atom. The molecule has 1 saturated heterocycles. The second kappa shape index (κ2) is 7.31. The molecule has 1 aliphatic heterocycles. The number of nitrogens with zero attached hydrogens (tertiary/aromatic N) is 4. The predicted octanol–water partition coefficient (Wildman–Crippen LogP) is 4.20. The molecule has 1 aromatic carbocycles. The number of fused-ring (bicyclic) bond motifs is 1. The molecule has 27 heavy (non-hydrogen) atoms. The van der Waals surface area contributed by atoms with Crippen LogP contribution in [0.15, 0.2) is 36.7 Å². The van der Waals surface area contributed by atoms with E-state index in [9.17, 15) is 5.11 Å². The van der Waals surface area contributed by atoms with Crippen LogP contribution in [0.3, 0.4) is 0 Å². The van der Waals surface area contributed by atoms with Crippen LogP contribution in [-0.2, 0) is 6.61 Å². The maximum atomic E-state index is 9.95. The predicted molar refractivity (Wildman–Crippen MR) is 109 cm³/mol. The lowest BCUT2D eigenvalue weighted by atomic mass is 9.96. The number of hydrogen-bond donors (Lipinski definition) is 1. The van der Waals surface area contributed by atoms with Gasteiger partial charge >= 0.3 is 0 Å². The first-order chi connectivity index (χ1) is 13.1. The van der Waals surface area contributed by atoms with Crippen molar-refractivity contribution in [2.24, 2.45) is 0 Å². The van der Waals surface area contributed by atoms with Crippen molar-refractivity contribution in [3.8, 4) is 0 Å². The van der Waals surface area contributed by atoms with Crippen LogP contribution < -0.4 is 4.90 Å². The van der Waals surface area contributed by atoms with Gasteiger partial charge < -0.3 is 14.6 Å². The summed E-state index contributed by atoms with van der Waals surface area (Å²) >= 11 is 0. The fourth-order valence-corrected chi connectivity index (χ4v) is 4.16. The summed E-state index contributed by atoms with van der Waals surface area (Å²) in [5.41, 5.74) is 3.10. The minimum Gasteiger partial charge on any atom is -0.392 e. The molecule has 1 atom stereocenters. The van der Waals surface area contributed by atoms with Crippen LogP contribution in [0.1, 0.15) is 55.6 Å². The van der Waals surface area contributed by atoms with Gasteiger partial charge in [-0.15, -0.1) is 0 Å². The molecule has 3 aromatic rings. The summed E-state index contributed by atoms with van der Waals surface area (Å²) in [6.07, 6.45) is 6.23. The summed E-state index contributed by atoms with van der Waals surface area (Å²) in [7, 11) is 0. The molecule has 0 radical (unpaired) electrons. The largest absolute Gasteiger partial charge is 0.392 e. The van der Waals surface area contributed by atoms with E-state index in [2.05, 4.69) is 65.7 Å². The maximum absolute atomic E-state index is 9.95. The normalized spacial score (nSPS) is 17.8. The zero-order valence-electron chi connectivity index (χ0n) is 16.4. The first-order valence-electron chi connectivity index (χ1n) is 9.85. The molecular formula is C22H28N4O. The van der Waals surface area contributed by atoms with Crippen LogP contribution in [0.4, 0.5) is 5.82 Å². The van der Waals surface area contributed by atoms with Gasteiger partial charge in [0.1, 0.15) is 11.6 Å². The number of aliphatic hydroxyl groups is 1. The summed E-state index contributed by atoms with van der Waals surface area (Å²) in [4.78, 5) is 11.9. The van der Waals surface area contributed by atoms with Crippen LogP contribution in [0, 0.1) is 6.92 Å². The first kappa shape index (κ1) is 18.0. The molecule has 0 spiro atoms. The molecule has 1 unspecified atom stereocenters. The van der Waals surface area contributed by atoms with E-state index in [1.54, 1.807) is 0 Å². The summed E-state index contributed by atoms with van der Waals surface area (Å²) < 4.78 is 2.28. The molecule has 1 fully saturated rings. The summed E-state index contributed by atoms with van der Waals surface area (Å²) in [5.74, 6) is 2.47. The number of hydrogen-bond acceptors (Lipinski definition) is 4. The van der Waals surface area contributed by atoms with Crippen LogP contribution in [0.5, 0.6) is 0 Å². The van der Waals surface area contributed by atoms with Crippen molar-refractivity contribution < 1.29 is 5.11 Å². The van der Waals surface area contributed by atoms with Gasteiger partial charge in [0.2, 0.25) is 0 Å². The first-order valence-corrected chi connectivity index (χ1v) is 9.85. The Hall–Kier alpha value is -2.40. The Kier molecular flexibility index (Phi) is 4.87. The van der Waals surface area contributed by atoms with Crippen molar-refractivity contribution in [1.29, 1.82) is 0 Å². The highest BCUT2D eigenvalue weighted by Gasteiger charge is 2.27. The maximum Gasteiger partial charge on any atom is 0.134 e. The molecule has 5 heteroatoms. The van der Waals surface area contributed by atoms with Crippen molar-refractivity contribution in [3.63, 3.8) is 0 Å². The quantitative estimate of drug-likeness (QED) is 0.754. The van der Waals surface area contributed by atoms with Crippen LogP contribution in [0.25, 0.3) is 10.9 Å². The fourth-order valence-electron chi connectivity index (χ4n) is 4.16. The van der Waals surface area contributed by atoms with Gasteiger partial charge in [0.25, 0.3) is 0 Å². The van der Waals surface area contributed by atoms with Crippen molar-refractivity contribution in [2.45, 2.75) is 52.2 Å².